The Balaban J connectivity index is 1.88. The Kier molecular flexibility index (Phi) is 3.79. The van der Waals surface area contributed by atoms with Gasteiger partial charge >= 0.3 is 0 Å². The van der Waals surface area contributed by atoms with Crippen molar-refractivity contribution in [1.82, 2.24) is 0 Å². The van der Waals surface area contributed by atoms with E-state index >= 15 is 0 Å². The lowest BCUT2D eigenvalue weighted by Gasteiger charge is -2.43. The van der Waals surface area contributed by atoms with Crippen molar-refractivity contribution in [2.24, 2.45) is 11.8 Å². The Bertz CT molecular complexity index is 388. The summed E-state index contributed by atoms with van der Waals surface area (Å²) in [6.45, 7) is 4.12. The van der Waals surface area contributed by atoms with Gasteiger partial charge in [-0.2, -0.15) is 0 Å². The van der Waals surface area contributed by atoms with Gasteiger partial charge in [-0.25, -0.2) is 0 Å². The smallest absolute Gasteiger partial charge is 0.246 e. The van der Waals surface area contributed by atoms with Crippen LogP contribution in [-0.4, -0.2) is 36.9 Å². The lowest BCUT2D eigenvalue weighted by molar-refractivity contribution is -0.105. The summed E-state index contributed by atoms with van der Waals surface area (Å²) in [5, 5.41) is 0. The van der Waals surface area contributed by atoms with Crippen molar-refractivity contribution in [2.75, 3.05) is 26.4 Å². The molecular weight excluding hydrogens is 244 g/mol. The van der Waals surface area contributed by atoms with E-state index in [4.69, 9.17) is 13.9 Å². The highest BCUT2D eigenvalue weighted by atomic mass is 28.2. The quantitative estimate of drug-likeness (QED) is 0.755. The third-order valence-corrected chi connectivity index (χ3v) is 4.13. The van der Waals surface area contributed by atoms with E-state index in [0.29, 0.717) is 24.4 Å². The van der Waals surface area contributed by atoms with Gasteiger partial charge in [0.2, 0.25) is 10.5 Å². The maximum atomic E-state index is 5.37. The Morgan fingerprint density at radius 1 is 1.11 bits per heavy atom. The molecule has 2 heterocycles. The van der Waals surface area contributed by atoms with E-state index in [1.165, 1.54) is 11.1 Å². The van der Waals surface area contributed by atoms with E-state index in [1.54, 1.807) is 0 Å². The Morgan fingerprint density at radius 3 is 2.22 bits per heavy atom. The number of ether oxygens (including phenoxy) is 2. The molecule has 1 aromatic carbocycles. The van der Waals surface area contributed by atoms with Gasteiger partial charge in [-0.15, -0.1) is 0 Å². The zero-order chi connectivity index (χ0) is 12.4. The normalized spacial score (nSPS) is 20.8. The first-order chi connectivity index (χ1) is 8.90. The summed E-state index contributed by atoms with van der Waals surface area (Å²) in [5.41, 5.74) is 2.66. The summed E-state index contributed by atoms with van der Waals surface area (Å²) in [4.78, 5) is 0. The fraction of sp³-hybridized carbons (Fsp3) is 0.571. The van der Waals surface area contributed by atoms with E-state index < -0.39 is 0 Å². The second-order valence-corrected chi connectivity index (χ2v) is 5.40. The summed E-state index contributed by atoms with van der Waals surface area (Å²) < 4.78 is 15.9. The van der Waals surface area contributed by atoms with Gasteiger partial charge in [0.25, 0.3) is 0 Å². The van der Waals surface area contributed by atoms with Crippen molar-refractivity contribution >= 4 is 10.5 Å². The first kappa shape index (κ1) is 12.4. The summed E-state index contributed by atoms with van der Waals surface area (Å²) in [5.74, 6) is 1.81. The number of hydrogen-bond donors (Lipinski definition) is 0. The molecule has 2 saturated heterocycles. The summed E-state index contributed by atoms with van der Waals surface area (Å²) in [6, 6.07) is 8.54. The fourth-order valence-electron chi connectivity index (χ4n) is 2.88. The maximum Gasteiger partial charge on any atom is 0.246 e. The van der Waals surface area contributed by atoms with Gasteiger partial charge in [0.05, 0.1) is 33.0 Å². The van der Waals surface area contributed by atoms with Crippen LogP contribution in [0.15, 0.2) is 24.3 Å². The molecule has 18 heavy (non-hydrogen) atoms. The van der Waals surface area contributed by atoms with Crippen molar-refractivity contribution in [3.8, 4) is 0 Å². The van der Waals surface area contributed by atoms with Crippen LogP contribution in [0.5, 0.6) is 0 Å². The molecule has 3 rings (SSSR count). The van der Waals surface area contributed by atoms with Crippen molar-refractivity contribution in [2.45, 2.75) is 12.5 Å². The molecule has 0 bridgehead atoms. The minimum absolute atomic E-state index is 0.547. The first-order valence-corrected chi connectivity index (χ1v) is 6.82. The van der Waals surface area contributed by atoms with E-state index in [1.807, 2.05) is 0 Å². The second-order valence-electron chi connectivity index (χ2n) is 5.11. The Labute approximate surface area is 111 Å². The molecule has 2 aliphatic heterocycles. The zero-order valence-electron chi connectivity index (χ0n) is 10.3. The molecule has 3 nitrogen and oxygen atoms in total. The topological polar surface area (TPSA) is 27.7 Å². The monoisotopic (exact) mass is 261 g/mol. The molecule has 0 aliphatic carbocycles. The lowest BCUT2D eigenvalue weighted by Crippen LogP contribution is -2.43. The SMILES string of the molecule is [Si]OCc1ccccc1C(C1COC1)C1COC1. The van der Waals surface area contributed by atoms with Gasteiger partial charge in [0.1, 0.15) is 0 Å². The summed E-state index contributed by atoms with van der Waals surface area (Å²) in [7, 11) is 3.10. The zero-order valence-corrected chi connectivity index (χ0v) is 11.3. The highest BCUT2D eigenvalue weighted by Crippen LogP contribution is 2.41. The molecule has 2 fully saturated rings. The molecule has 1 aromatic rings. The first-order valence-electron chi connectivity index (χ1n) is 6.42. The van der Waals surface area contributed by atoms with Gasteiger partial charge < -0.3 is 13.9 Å². The molecule has 2 aliphatic rings. The van der Waals surface area contributed by atoms with Gasteiger partial charge in [-0.05, 0) is 17.0 Å². The van der Waals surface area contributed by atoms with Crippen LogP contribution in [0, 0.1) is 11.8 Å². The third kappa shape index (κ3) is 2.25. The third-order valence-electron chi connectivity index (χ3n) is 3.99. The largest absolute Gasteiger partial charge is 0.414 e. The van der Waals surface area contributed by atoms with Gasteiger partial charge in [0.15, 0.2) is 0 Å². The van der Waals surface area contributed by atoms with E-state index in [9.17, 15) is 0 Å². The van der Waals surface area contributed by atoms with Crippen molar-refractivity contribution in [1.29, 1.82) is 0 Å². The van der Waals surface area contributed by atoms with Crippen LogP contribution in [0.3, 0.4) is 0 Å². The van der Waals surface area contributed by atoms with Crippen molar-refractivity contribution < 1.29 is 13.9 Å². The summed E-state index contributed by atoms with van der Waals surface area (Å²) >= 11 is 0. The van der Waals surface area contributed by atoms with Crippen LogP contribution in [-0.2, 0) is 20.5 Å². The minimum atomic E-state index is 0.547. The van der Waals surface area contributed by atoms with Gasteiger partial charge in [-0.1, -0.05) is 24.3 Å². The highest BCUT2D eigenvalue weighted by molar-refractivity contribution is 5.97. The Morgan fingerprint density at radius 2 is 1.72 bits per heavy atom. The molecule has 0 amide bonds. The second kappa shape index (κ2) is 5.53. The fourth-order valence-corrected chi connectivity index (χ4v) is 3.04. The molecule has 0 spiro atoms. The van der Waals surface area contributed by atoms with Gasteiger partial charge in [0, 0.05) is 11.8 Å². The van der Waals surface area contributed by atoms with E-state index in [2.05, 4.69) is 34.8 Å². The molecule has 0 atom stereocenters. The van der Waals surface area contributed by atoms with Crippen molar-refractivity contribution in [3.05, 3.63) is 35.4 Å². The summed E-state index contributed by atoms with van der Waals surface area (Å²) in [6.07, 6.45) is 0. The molecule has 3 radical (unpaired) electrons. The lowest BCUT2D eigenvalue weighted by atomic mass is 9.73. The predicted octanol–water partition coefficient (Wildman–Crippen LogP) is 1.66. The standard InChI is InChI=1S/C14H17O3Si/c18-17-9-10-3-1-2-4-13(10)14(11-5-15-6-11)12-7-16-8-12/h1-4,11-12,14H,5-9H2. The number of rotatable bonds is 5. The predicted molar refractivity (Wildman–Crippen MR) is 68.3 cm³/mol. The van der Waals surface area contributed by atoms with Crippen LogP contribution in [0.2, 0.25) is 0 Å². The van der Waals surface area contributed by atoms with Gasteiger partial charge in [-0.3, -0.25) is 0 Å². The van der Waals surface area contributed by atoms with Crippen LogP contribution in [0.4, 0.5) is 0 Å². The molecule has 95 valence electrons. The molecule has 0 unspecified atom stereocenters. The minimum Gasteiger partial charge on any atom is -0.414 e. The molecular formula is C14H17O3Si. The van der Waals surface area contributed by atoms with Crippen molar-refractivity contribution in [3.63, 3.8) is 0 Å². The van der Waals surface area contributed by atoms with Crippen LogP contribution in [0.25, 0.3) is 0 Å². The van der Waals surface area contributed by atoms with Crippen LogP contribution in [0.1, 0.15) is 17.0 Å². The average Bonchev–Trinajstić information content (AvgIpc) is 2.25. The molecule has 0 aromatic heterocycles. The molecule has 4 heteroatoms. The molecule has 0 saturated carbocycles. The number of benzene rings is 1. The Hall–Kier alpha value is -0.683. The average molecular weight is 261 g/mol. The number of hydrogen-bond acceptors (Lipinski definition) is 3. The van der Waals surface area contributed by atoms with E-state index in [-0.39, 0.29) is 0 Å². The maximum absolute atomic E-state index is 5.37. The van der Waals surface area contributed by atoms with Crippen LogP contribution < -0.4 is 0 Å². The molecule has 0 N–H and O–H groups in total. The highest BCUT2D eigenvalue weighted by Gasteiger charge is 2.39. The van der Waals surface area contributed by atoms with Crippen LogP contribution >= 0.6 is 0 Å². The van der Waals surface area contributed by atoms with E-state index in [0.717, 1.165) is 26.4 Å².